The van der Waals surface area contributed by atoms with Crippen LogP contribution < -0.4 is 4.74 Å². The Morgan fingerprint density at radius 2 is 2.13 bits per heavy atom. The topological polar surface area (TPSA) is 59.0 Å². The zero-order valence-corrected chi connectivity index (χ0v) is 14.8. The highest BCUT2D eigenvalue weighted by Crippen LogP contribution is 2.31. The Morgan fingerprint density at radius 1 is 1.43 bits per heavy atom. The highest BCUT2D eigenvalue weighted by Gasteiger charge is 2.40. The molecule has 1 unspecified atom stereocenters. The molecule has 6 heteroatoms. The Morgan fingerprint density at radius 3 is 2.74 bits per heavy atom. The van der Waals surface area contributed by atoms with Crippen molar-refractivity contribution in [2.75, 3.05) is 20.2 Å². The van der Waals surface area contributed by atoms with Crippen LogP contribution in [0.1, 0.15) is 32.8 Å². The maximum atomic E-state index is 12.1. The van der Waals surface area contributed by atoms with E-state index in [1.165, 1.54) is 0 Å². The molecule has 2 rings (SSSR count). The van der Waals surface area contributed by atoms with E-state index in [0.29, 0.717) is 30.2 Å². The summed E-state index contributed by atoms with van der Waals surface area (Å²) in [5, 5.41) is 11.4. The second-order valence-electron chi connectivity index (χ2n) is 7.01. The van der Waals surface area contributed by atoms with E-state index in [9.17, 15) is 9.90 Å². The Bertz CT molecular complexity index is 584. The van der Waals surface area contributed by atoms with Crippen LogP contribution in [0.25, 0.3) is 0 Å². The summed E-state index contributed by atoms with van der Waals surface area (Å²) in [5.74, 6) is 0.679. The van der Waals surface area contributed by atoms with Gasteiger partial charge in [0.05, 0.1) is 19.3 Å². The summed E-state index contributed by atoms with van der Waals surface area (Å²) in [5.41, 5.74) is -0.725. The van der Waals surface area contributed by atoms with Gasteiger partial charge in [-0.2, -0.15) is 0 Å². The van der Waals surface area contributed by atoms with Crippen LogP contribution >= 0.6 is 11.6 Å². The Labute approximate surface area is 142 Å². The van der Waals surface area contributed by atoms with Crippen molar-refractivity contribution in [2.24, 2.45) is 0 Å². The van der Waals surface area contributed by atoms with Gasteiger partial charge in [-0.05, 0) is 51.0 Å². The fourth-order valence-electron chi connectivity index (χ4n) is 2.72. The summed E-state index contributed by atoms with van der Waals surface area (Å²) in [6.07, 6.45) is 0.462. The lowest BCUT2D eigenvalue weighted by Crippen LogP contribution is -2.40. The van der Waals surface area contributed by atoms with Crippen LogP contribution in [0.15, 0.2) is 18.2 Å². The minimum Gasteiger partial charge on any atom is -0.496 e. The molecule has 1 aliphatic rings. The molecule has 1 fully saturated rings. The number of likely N-dealkylation sites (tertiary alicyclic amines) is 1. The van der Waals surface area contributed by atoms with Crippen molar-refractivity contribution in [1.29, 1.82) is 0 Å². The van der Waals surface area contributed by atoms with Gasteiger partial charge in [-0.15, -0.1) is 0 Å². The summed E-state index contributed by atoms with van der Waals surface area (Å²) in [6, 6.07) is 5.31. The van der Waals surface area contributed by atoms with Crippen LogP contribution in [0.2, 0.25) is 5.02 Å². The van der Waals surface area contributed by atoms with E-state index >= 15 is 0 Å². The van der Waals surface area contributed by atoms with Crippen molar-refractivity contribution < 1.29 is 19.4 Å². The summed E-state index contributed by atoms with van der Waals surface area (Å²) < 4.78 is 10.7. The number of nitrogens with zero attached hydrogens (tertiary/aromatic N) is 1. The van der Waals surface area contributed by atoms with Crippen molar-refractivity contribution in [3.05, 3.63) is 28.8 Å². The number of benzene rings is 1. The number of hydrogen-bond acceptors (Lipinski definition) is 4. The SMILES string of the molecule is COc1ccc(Cl)cc1CC1(O)CCN(C(=O)OC(C)(C)C)C1. The molecule has 0 saturated carbocycles. The fraction of sp³-hybridized carbons (Fsp3) is 0.588. The number of carbonyl (C=O) groups excluding carboxylic acids is 1. The first-order valence-corrected chi connectivity index (χ1v) is 8.02. The van der Waals surface area contributed by atoms with Gasteiger partial charge >= 0.3 is 6.09 Å². The molecule has 1 amide bonds. The van der Waals surface area contributed by atoms with Gasteiger partial charge in [0.15, 0.2) is 0 Å². The van der Waals surface area contributed by atoms with Crippen LogP contribution in [0.4, 0.5) is 4.79 Å². The summed E-state index contributed by atoms with van der Waals surface area (Å²) in [6.45, 7) is 6.17. The van der Waals surface area contributed by atoms with Crippen molar-refractivity contribution >= 4 is 17.7 Å². The van der Waals surface area contributed by atoms with Crippen molar-refractivity contribution in [2.45, 2.75) is 44.8 Å². The summed E-state index contributed by atoms with van der Waals surface area (Å²) in [4.78, 5) is 13.7. The number of hydrogen-bond donors (Lipinski definition) is 1. The van der Waals surface area contributed by atoms with Crippen LogP contribution in [0.5, 0.6) is 5.75 Å². The van der Waals surface area contributed by atoms with E-state index in [4.69, 9.17) is 21.1 Å². The molecule has 0 bridgehead atoms. The molecule has 0 spiro atoms. The van der Waals surface area contributed by atoms with Crippen molar-refractivity contribution in [3.63, 3.8) is 0 Å². The summed E-state index contributed by atoms with van der Waals surface area (Å²) in [7, 11) is 1.58. The standard InChI is InChI=1S/C17H24ClNO4/c1-16(2,3)23-15(20)19-8-7-17(21,11-19)10-12-9-13(18)5-6-14(12)22-4/h5-6,9,21H,7-8,10-11H2,1-4H3. The molecular formula is C17H24ClNO4. The third-order valence-corrected chi connectivity index (χ3v) is 3.98. The molecular weight excluding hydrogens is 318 g/mol. The Balaban J connectivity index is 2.07. The lowest BCUT2D eigenvalue weighted by atomic mass is 9.93. The highest BCUT2D eigenvalue weighted by atomic mass is 35.5. The molecule has 1 atom stereocenters. The van der Waals surface area contributed by atoms with Crippen LogP contribution in [-0.2, 0) is 11.2 Å². The lowest BCUT2D eigenvalue weighted by molar-refractivity contribution is 0.0152. The van der Waals surface area contributed by atoms with E-state index in [2.05, 4.69) is 0 Å². The largest absolute Gasteiger partial charge is 0.496 e. The van der Waals surface area contributed by atoms with E-state index in [-0.39, 0.29) is 6.54 Å². The molecule has 1 aliphatic heterocycles. The second kappa shape index (κ2) is 6.57. The van der Waals surface area contributed by atoms with Gasteiger partial charge in [-0.3, -0.25) is 0 Å². The molecule has 1 N–H and O–H groups in total. The molecule has 1 aromatic rings. The molecule has 5 nitrogen and oxygen atoms in total. The van der Waals surface area contributed by atoms with Crippen LogP contribution in [0, 0.1) is 0 Å². The highest BCUT2D eigenvalue weighted by molar-refractivity contribution is 6.30. The molecule has 1 saturated heterocycles. The number of amides is 1. The predicted octanol–water partition coefficient (Wildman–Crippen LogP) is 3.26. The van der Waals surface area contributed by atoms with Gasteiger partial charge in [-0.1, -0.05) is 11.6 Å². The number of methoxy groups -OCH3 is 1. The van der Waals surface area contributed by atoms with Gasteiger partial charge in [0, 0.05) is 18.0 Å². The second-order valence-corrected chi connectivity index (χ2v) is 7.45. The van der Waals surface area contributed by atoms with Gasteiger partial charge in [0.1, 0.15) is 11.4 Å². The number of ether oxygens (including phenoxy) is 2. The average Bonchev–Trinajstić information content (AvgIpc) is 2.79. The maximum Gasteiger partial charge on any atom is 0.410 e. The quantitative estimate of drug-likeness (QED) is 0.916. The molecule has 128 valence electrons. The smallest absolute Gasteiger partial charge is 0.410 e. The first kappa shape index (κ1) is 17.9. The Hall–Kier alpha value is -1.46. The fourth-order valence-corrected chi connectivity index (χ4v) is 2.92. The molecule has 1 heterocycles. The lowest BCUT2D eigenvalue weighted by Gasteiger charge is -2.27. The van der Waals surface area contributed by atoms with Gasteiger partial charge in [-0.25, -0.2) is 4.79 Å². The van der Waals surface area contributed by atoms with E-state index in [1.54, 1.807) is 30.2 Å². The summed E-state index contributed by atoms with van der Waals surface area (Å²) >= 11 is 6.03. The maximum absolute atomic E-state index is 12.1. The number of carbonyl (C=O) groups is 1. The minimum atomic E-state index is -1.01. The number of rotatable bonds is 3. The van der Waals surface area contributed by atoms with Crippen LogP contribution in [0.3, 0.4) is 0 Å². The molecule has 0 radical (unpaired) electrons. The third-order valence-electron chi connectivity index (χ3n) is 3.75. The van der Waals surface area contributed by atoms with Crippen LogP contribution in [-0.4, -0.2) is 47.5 Å². The normalized spacial score (nSPS) is 21.4. The van der Waals surface area contributed by atoms with E-state index in [1.807, 2.05) is 20.8 Å². The van der Waals surface area contributed by atoms with Crippen molar-refractivity contribution in [3.8, 4) is 5.75 Å². The first-order chi connectivity index (χ1) is 10.6. The molecule has 0 aliphatic carbocycles. The zero-order chi connectivity index (χ0) is 17.3. The number of halogens is 1. The predicted molar refractivity (Wildman–Crippen MR) is 89.1 cm³/mol. The minimum absolute atomic E-state index is 0.234. The Kier molecular flexibility index (Phi) is 5.11. The average molecular weight is 342 g/mol. The first-order valence-electron chi connectivity index (χ1n) is 7.65. The van der Waals surface area contributed by atoms with Gasteiger partial charge in [0.25, 0.3) is 0 Å². The molecule has 23 heavy (non-hydrogen) atoms. The third kappa shape index (κ3) is 4.75. The monoisotopic (exact) mass is 341 g/mol. The van der Waals surface area contributed by atoms with E-state index < -0.39 is 17.3 Å². The zero-order valence-electron chi connectivity index (χ0n) is 14.1. The number of β-amino-alcohol motifs (C(OH)–C–C–N with tert-alkyl or cyclic N) is 1. The number of aliphatic hydroxyl groups is 1. The van der Waals surface area contributed by atoms with Gasteiger partial charge < -0.3 is 19.5 Å². The van der Waals surface area contributed by atoms with Gasteiger partial charge in [0.2, 0.25) is 0 Å². The van der Waals surface area contributed by atoms with E-state index in [0.717, 1.165) is 5.56 Å². The van der Waals surface area contributed by atoms with Crippen molar-refractivity contribution in [1.82, 2.24) is 4.90 Å². The molecule has 1 aromatic carbocycles. The molecule has 0 aromatic heterocycles.